The van der Waals surface area contributed by atoms with Crippen LogP contribution in [0.15, 0.2) is 175 Å². The van der Waals surface area contributed by atoms with E-state index in [1.165, 1.54) is 76.5 Å². The fraction of sp³-hybridized carbons (Fsp3) is 0.385. The van der Waals surface area contributed by atoms with Crippen LogP contribution in [-0.4, -0.2) is 102 Å². The van der Waals surface area contributed by atoms with Gasteiger partial charge in [-0.2, -0.15) is 0 Å². The second-order valence-corrected chi connectivity index (χ2v) is 26.9. The van der Waals surface area contributed by atoms with Gasteiger partial charge in [0.05, 0.1) is 0 Å². The number of nitrogens with zero attached hydrogens (tertiary/aromatic N) is 2. The Kier molecular flexibility index (Phi) is 20.6. The zero-order chi connectivity index (χ0) is 63.7. The van der Waals surface area contributed by atoms with Crippen molar-refractivity contribution in [2.24, 2.45) is 28.6 Å². The number of allylic oxidation sites excluding steroid dienone is 5. The Morgan fingerprint density at radius 1 is 0.689 bits per heavy atom. The Morgan fingerprint density at radius 3 is 1.91 bits per heavy atom. The number of carbonyl (C=O) groups is 4. The molecule has 2 saturated carbocycles. The molecule has 2 N–H and O–H groups in total. The predicted octanol–water partition coefficient (Wildman–Crippen LogP) is 16.6. The molecule has 1 saturated heterocycles. The minimum atomic E-state index is -0.990. The average molecular weight is 1230 g/mol. The van der Waals surface area contributed by atoms with Crippen LogP contribution in [0.2, 0.25) is 0 Å². The van der Waals surface area contributed by atoms with Gasteiger partial charge in [-0.05, 0) is 239 Å². The van der Waals surface area contributed by atoms with Gasteiger partial charge in [-0.3, -0.25) is 24.1 Å². The van der Waals surface area contributed by atoms with Gasteiger partial charge < -0.3 is 29.3 Å². The van der Waals surface area contributed by atoms with Crippen LogP contribution in [0, 0.1) is 28.6 Å². The van der Waals surface area contributed by atoms with Gasteiger partial charge in [0.25, 0.3) is 0 Å². The van der Waals surface area contributed by atoms with Crippen LogP contribution < -0.4 is 9.47 Å². The fourth-order valence-electron chi connectivity index (χ4n) is 15.3. The molecule has 2 heterocycles. The van der Waals surface area contributed by atoms with Gasteiger partial charge in [0.1, 0.15) is 36.2 Å². The van der Waals surface area contributed by atoms with E-state index >= 15 is 0 Å². The number of likely N-dealkylation sites (tertiary alicyclic amines) is 1. The van der Waals surface area contributed by atoms with Crippen LogP contribution in [0.1, 0.15) is 138 Å². The van der Waals surface area contributed by atoms with Crippen LogP contribution in [0.4, 0.5) is 0 Å². The summed E-state index contributed by atoms with van der Waals surface area (Å²) in [4.78, 5) is 55.8. The molecule has 7 aromatic rings. The van der Waals surface area contributed by atoms with E-state index in [9.17, 15) is 29.4 Å². The van der Waals surface area contributed by atoms with Crippen LogP contribution in [-0.2, 0) is 19.1 Å². The molecule has 5 aliphatic rings. The molecular weight excluding hydrogens is 1140 g/mol. The molecule has 0 amide bonds. The van der Waals surface area contributed by atoms with Crippen molar-refractivity contribution < 1.29 is 43.6 Å². The quantitative estimate of drug-likeness (QED) is 0.0511. The third kappa shape index (κ3) is 14.0. The minimum Gasteiger partial charge on any atom is -0.508 e. The second kappa shape index (κ2) is 28.5. The average Bonchev–Trinajstić information content (AvgIpc) is 1.42. The van der Waals surface area contributed by atoms with Gasteiger partial charge in [0.15, 0.2) is 23.0 Å². The molecule has 0 unspecified atom stereocenters. The van der Waals surface area contributed by atoms with Crippen molar-refractivity contribution in [3.63, 3.8) is 0 Å². The molecule has 1 aliphatic heterocycles. The number of ether oxygens (including phenoxy) is 3. The molecule has 6 aromatic carbocycles. The lowest BCUT2D eigenvalue weighted by Gasteiger charge is -2.58. The standard InChI is InChI=1S/C28H27NO4S.C26H29NO.C24H32O4/c30-21-8-4-20(5-9-21)28-26(24-13-10-22(31)18-25(24)34-28)27(32)19-6-11-23(12-7-19)33-17-16-29-14-2-1-3-15-29;1-4-25(21-11-7-5-8-12-21)26(22-13-9-6-10-14-22)23-15-17-24(18-16-23)28-20-19-27(2)3;1-14-12-18-19(22(4)9-6-17(27)13-21(14)22)7-10-23(5)20(18)8-11-24(23,15(2)25)28-16(3)26/h4-13,18,30-31H,1-3,14-17H2;5-18H,4,19-20H2,1-3H3;12-13,18-20H,6-11H2,1-5H3/b;26-25-;/t;;18-,19+,20+,22-,23+,24+/m..1/s1. The van der Waals surface area contributed by atoms with E-state index in [1.807, 2.05) is 30.3 Å². The summed E-state index contributed by atoms with van der Waals surface area (Å²) in [5.74, 6) is 2.95. The number of benzene rings is 6. The number of hydrogen-bond donors (Lipinski definition) is 2. The van der Waals surface area contributed by atoms with Crippen LogP contribution in [0.25, 0.3) is 31.7 Å². The lowest BCUT2D eigenvalue weighted by molar-refractivity contribution is -0.185. The van der Waals surface area contributed by atoms with Crippen molar-refractivity contribution in [1.29, 1.82) is 0 Å². The zero-order valence-electron chi connectivity index (χ0n) is 53.7. The number of likely N-dealkylation sites (N-methyl/N-ethyl adjacent to an activating group) is 1. The van der Waals surface area contributed by atoms with Gasteiger partial charge in [-0.25, -0.2) is 0 Å². The number of aromatic hydroxyl groups is 2. The third-order valence-electron chi connectivity index (χ3n) is 19.9. The molecule has 12 rings (SSSR count). The number of ketones is 3. The summed E-state index contributed by atoms with van der Waals surface area (Å²) in [6.45, 7) is 17.3. The highest BCUT2D eigenvalue weighted by atomic mass is 32.1. The topological polar surface area (TPSA) is 143 Å². The summed E-state index contributed by atoms with van der Waals surface area (Å²) in [5.41, 5.74) is 9.55. The maximum Gasteiger partial charge on any atom is 0.303 e. The molecule has 4 aliphatic carbocycles. The van der Waals surface area contributed by atoms with Gasteiger partial charge in [-0.15, -0.1) is 11.3 Å². The van der Waals surface area contributed by atoms with E-state index < -0.39 is 5.60 Å². The van der Waals surface area contributed by atoms with E-state index in [0.29, 0.717) is 54.9 Å². The molecule has 0 radical (unpaired) electrons. The lowest BCUT2D eigenvalue weighted by atomic mass is 9.47. The number of rotatable bonds is 17. The van der Waals surface area contributed by atoms with Crippen molar-refractivity contribution in [2.75, 3.05) is 53.5 Å². The maximum absolute atomic E-state index is 13.6. The molecule has 470 valence electrons. The highest BCUT2D eigenvalue weighted by Crippen LogP contribution is 2.68. The minimum absolute atomic E-state index is 0.0160. The summed E-state index contributed by atoms with van der Waals surface area (Å²) < 4.78 is 18.4. The fourth-order valence-corrected chi connectivity index (χ4v) is 16.5. The molecule has 0 bridgehead atoms. The SMILES string of the molecule is CC(=O)O[C@]1(C(C)=O)CC[C@H]2[C@@H]3C=C(C)C4=CC(=O)CC[C@]4(C)[C@H]3CC[C@@]21C.CC/C(=C(\c1ccccc1)c1ccc(OCCN(C)C)cc1)c1ccccc1.O=C(c1ccc(OCCN2CCCCC2)cc1)c1c(-c2ccc(O)cc2)sc2cc(O)ccc12. The molecule has 11 nitrogen and oxygen atoms in total. The van der Waals surface area contributed by atoms with Crippen molar-refractivity contribution >= 4 is 55.9 Å². The monoisotopic (exact) mass is 1230 g/mol. The van der Waals surface area contributed by atoms with E-state index in [-0.39, 0.29) is 45.6 Å². The number of piperidine rings is 1. The number of phenols is 2. The number of hydrogen-bond acceptors (Lipinski definition) is 12. The predicted molar refractivity (Wildman–Crippen MR) is 362 cm³/mol. The van der Waals surface area contributed by atoms with E-state index in [1.54, 1.807) is 49.4 Å². The number of fused-ring (bicyclic) bond motifs is 6. The first-order valence-corrected chi connectivity index (χ1v) is 33.0. The summed E-state index contributed by atoms with van der Waals surface area (Å²) in [6, 6.07) is 49.0. The Labute approximate surface area is 536 Å². The smallest absolute Gasteiger partial charge is 0.303 e. The Bertz CT molecular complexity index is 3770. The number of phenolic OH excluding ortho intramolecular Hbond substituents is 2. The number of thiophene rings is 1. The third-order valence-corrected chi connectivity index (χ3v) is 21.1. The number of esters is 1. The van der Waals surface area contributed by atoms with E-state index in [2.05, 4.69) is 143 Å². The highest BCUT2D eigenvalue weighted by molar-refractivity contribution is 7.22. The summed E-state index contributed by atoms with van der Waals surface area (Å²) in [6.07, 6.45) is 14.0. The first-order chi connectivity index (χ1) is 43.3. The number of carbonyl (C=O) groups excluding carboxylic acids is 4. The molecular formula is C78H88N2O9S. The largest absolute Gasteiger partial charge is 0.508 e. The van der Waals surface area contributed by atoms with Gasteiger partial charge in [-0.1, -0.05) is 112 Å². The molecule has 90 heavy (non-hydrogen) atoms. The van der Waals surface area contributed by atoms with Crippen LogP contribution in [0.3, 0.4) is 0 Å². The zero-order valence-corrected chi connectivity index (χ0v) is 54.5. The van der Waals surface area contributed by atoms with Gasteiger partial charge in [0, 0.05) is 57.9 Å². The van der Waals surface area contributed by atoms with Crippen molar-refractivity contribution in [2.45, 2.75) is 111 Å². The van der Waals surface area contributed by atoms with Crippen molar-refractivity contribution in [1.82, 2.24) is 9.80 Å². The molecule has 12 heteroatoms. The van der Waals surface area contributed by atoms with E-state index in [0.717, 1.165) is 90.3 Å². The summed E-state index contributed by atoms with van der Waals surface area (Å²) >= 11 is 1.46. The van der Waals surface area contributed by atoms with Crippen LogP contribution >= 0.6 is 11.3 Å². The molecule has 6 atom stereocenters. The molecule has 1 aromatic heterocycles. The van der Waals surface area contributed by atoms with Gasteiger partial charge in [0.2, 0.25) is 0 Å². The lowest BCUT2D eigenvalue weighted by Crippen LogP contribution is -2.58. The van der Waals surface area contributed by atoms with Gasteiger partial charge >= 0.3 is 5.97 Å². The maximum atomic E-state index is 13.6. The normalized spacial score (nSPS) is 23.0. The van der Waals surface area contributed by atoms with E-state index in [4.69, 9.17) is 14.2 Å². The first kappa shape index (κ1) is 65.1. The summed E-state index contributed by atoms with van der Waals surface area (Å²) in [5, 5.41) is 20.4. The summed E-state index contributed by atoms with van der Waals surface area (Å²) in [7, 11) is 4.11. The Morgan fingerprint density at radius 2 is 1.29 bits per heavy atom. The molecule has 3 fully saturated rings. The molecule has 0 spiro atoms. The Hall–Kier alpha value is -7.90. The van der Waals surface area contributed by atoms with Crippen molar-refractivity contribution in [3.05, 3.63) is 203 Å². The van der Waals surface area contributed by atoms with Crippen molar-refractivity contribution in [3.8, 4) is 33.4 Å². The Balaban J connectivity index is 0.000000150. The second-order valence-electron chi connectivity index (χ2n) is 25.8. The number of Topliss-reactive ketones (excluding diaryl/α,β-unsaturated/α-hetero) is 1. The first-order valence-electron chi connectivity index (χ1n) is 32.2. The highest BCUT2D eigenvalue weighted by Gasteiger charge is 2.67. The van der Waals surface area contributed by atoms with Crippen LogP contribution in [0.5, 0.6) is 23.0 Å².